The van der Waals surface area contributed by atoms with Crippen molar-refractivity contribution in [3.63, 3.8) is 0 Å². The highest BCUT2D eigenvalue weighted by Crippen LogP contribution is 2.18. The van der Waals surface area contributed by atoms with Gasteiger partial charge in [-0.25, -0.2) is 4.98 Å². The molecule has 2 aromatic rings. The Morgan fingerprint density at radius 3 is 2.94 bits per heavy atom. The lowest BCUT2D eigenvalue weighted by Crippen LogP contribution is -2.17. The maximum Gasteiger partial charge on any atom is 0.137 e. The minimum Gasteiger partial charge on any atom is -0.385 e. The number of hydrogen-bond acceptors (Lipinski definition) is 3. The van der Waals surface area contributed by atoms with Gasteiger partial charge in [0.2, 0.25) is 0 Å². The van der Waals surface area contributed by atoms with Crippen LogP contribution in [0.2, 0.25) is 0 Å². The first-order valence-corrected chi connectivity index (χ1v) is 5.41. The van der Waals surface area contributed by atoms with Crippen molar-refractivity contribution < 1.29 is 5.11 Å². The van der Waals surface area contributed by atoms with Crippen molar-refractivity contribution in [1.82, 2.24) is 14.7 Å². The third-order valence-electron chi connectivity index (χ3n) is 2.77. The molecule has 0 aliphatic rings. The second-order valence-corrected chi connectivity index (χ2v) is 4.09. The Kier molecular flexibility index (Phi) is 2.94. The number of aryl methyl sites for hydroxylation is 2. The zero-order valence-corrected chi connectivity index (χ0v) is 9.86. The standard InChI is InChI=1S/C12H17N3O/c1-8-4-5-15-9(2)12(10(16)7-13-3)14-11(15)6-8/h4-6,10,13,16H,7H2,1-3H3. The van der Waals surface area contributed by atoms with E-state index < -0.39 is 6.10 Å². The van der Waals surface area contributed by atoms with Crippen LogP contribution in [0.5, 0.6) is 0 Å². The van der Waals surface area contributed by atoms with Gasteiger partial charge in [0.15, 0.2) is 0 Å². The summed E-state index contributed by atoms with van der Waals surface area (Å²) in [6.07, 6.45) is 1.44. The summed E-state index contributed by atoms with van der Waals surface area (Å²) in [5.74, 6) is 0. The molecule has 1 atom stereocenters. The molecule has 2 aromatic heterocycles. The lowest BCUT2D eigenvalue weighted by atomic mass is 10.2. The summed E-state index contributed by atoms with van der Waals surface area (Å²) < 4.78 is 2.00. The van der Waals surface area contributed by atoms with Gasteiger partial charge in [0.25, 0.3) is 0 Å². The molecule has 0 amide bonds. The van der Waals surface area contributed by atoms with E-state index in [0.29, 0.717) is 6.54 Å². The van der Waals surface area contributed by atoms with E-state index in [-0.39, 0.29) is 0 Å². The Morgan fingerprint density at radius 1 is 1.50 bits per heavy atom. The predicted octanol–water partition coefficient (Wildman–Crippen LogP) is 1.20. The lowest BCUT2D eigenvalue weighted by molar-refractivity contribution is 0.173. The number of nitrogens with zero attached hydrogens (tertiary/aromatic N) is 2. The first-order valence-electron chi connectivity index (χ1n) is 5.41. The molecule has 0 bridgehead atoms. The average Bonchev–Trinajstić information content (AvgIpc) is 2.56. The van der Waals surface area contributed by atoms with Gasteiger partial charge in [0.1, 0.15) is 11.8 Å². The van der Waals surface area contributed by atoms with Crippen molar-refractivity contribution in [2.45, 2.75) is 20.0 Å². The largest absolute Gasteiger partial charge is 0.385 e. The third-order valence-corrected chi connectivity index (χ3v) is 2.77. The summed E-state index contributed by atoms with van der Waals surface area (Å²) in [7, 11) is 1.82. The number of rotatable bonds is 3. The molecule has 0 aliphatic heterocycles. The fourth-order valence-corrected chi connectivity index (χ4v) is 1.89. The molecule has 4 heteroatoms. The fraction of sp³-hybridized carbons (Fsp3) is 0.417. The topological polar surface area (TPSA) is 49.6 Å². The van der Waals surface area contributed by atoms with Crippen molar-refractivity contribution in [2.24, 2.45) is 0 Å². The summed E-state index contributed by atoms with van der Waals surface area (Å²) in [5.41, 5.74) is 3.81. The molecule has 2 rings (SSSR count). The molecule has 0 aliphatic carbocycles. The van der Waals surface area contributed by atoms with Crippen molar-refractivity contribution in [3.05, 3.63) is 35.3 Å². The van der Waals surface area contributed by atoms with Gasteiger partial charge in [-0.2, -0.15) is 0 Å². The minimum atomic E-state index is -0.551. The van der Waals surface area contributed by atoms with Crippen molar-refractivity contribution in [3.8, 4) is 0 Å². The van der Waals surface area contributed by atoms with Crippen LogP contribution in [-0.4, -0.2) is 28.1 Å². The number of pyridine rings is 1. The smallest absolute Gasteiger partial charge is 0.137 e. The van der Waals surface area contributed by atoms with Crippen LogP contribution in [0.15, 0.2) is 18.3 Å². The first kappa shape index (κ1) is 11.1. The molecular formula is C12H17N3O. The van der Waals surface area contributed by atoms with E-state index in [1.54, 1.807) is 0 Å². The number of imidazole rings is 1. The molecule has 0 fully saturated rings. The van der Waals surface area contributed by atoms with E-state index in [2.05, 4.69) is 10.3 Å². The number of likely N-dealkylation sites (N-methyl/N-ethyl adjacent to an activating group) is 1. The minimum absolute atomic E-state index is 0.518. The van der Waals surface area contributed by atoms with Gasteiger partial charge >= 0.3 is 0 Å². The molecule has 0 radical (unpaired) electrons. The van der Waals surface area contributed by atoms with Gasteiger partial charge in [-0.05, 0) is 38.6 Å². The monoisotopic (exact) mass is 219 g/mol. The van der Waals surface area contributed by atoms with Gasteiger partial charge in [-0.1, -0.05) is 0 Å². The highest BCUT2D eigenvalue weighted by Gasteiger charge is 2.15. The normalized spacial score (nSPS) is 13.2. The number of aliphatic hydroxyl groups is 1. The number of aromatic nitrogens is 2. The molecule has 16 heavy (non-hydrogen) atoms. The Hall–Kier alpha value is -1.39. The van der Waals surface area contributed by atoms with Crippen LogP contribution in [0.3, 0.4) is 0 Å². The van der Waals surface area contributed by atoms with Crippen LogP contribution in [0.4, 0.5) is 0 Å². The van der Waals surface area contributed by atoms with Crippen LogP contribution in [-0.2, 0) is 0 Å². The molecule has 1 unspecified atom stereocenters. The summed E-state index contributed by atoms with van der Waals surface area (Å²) in [6, 6.07) is 4.05. The molecular weight excluding hydrogens is 202 g/mol. The SMILES string of the molecule is CNCC(O)c1nc2cc(C)ccn2c1C. The van der Waals surface area contributed by atoms with Crippen LogP contribution in [0, 0.1) is 13.8 Å². The Morgan fingerprint density at radius 2 is 2.25 bits per heavy atom. The summed E-state index contributed by atoms with van der Waals surface area (Å²) >= 11 is 0. The highest BCUT2D eigenvalue weighted by atomic mass is 16.3. The van der Waals surface area contributed by atoms with Crippen LogP contribution >= 0.6 is 0 Å². The van der Waals surface area contributed by atoms with Crippen LogP contribution in [0.25, 0.3) is 5.65 Å². The van der Waals surface area contributed by atoms with Crippen LogP contribution in [0.1, 0.15) is 23.1 Å². The highest BCUT2D eigenvalue weighted by molar-refractivity contribution is 5.45. The summed E-state index contributed by atoms with van der Waals surface area (Å²) in [5, 5.41) is 12.9. The predicted molar refractivity (Wildman–Crippen MR) is 63.6 cm³/mol. The zero-order valence-electron chi connectivity index (χ0n) is 9.86. The quantitative estimate of drug-likeness (QED) is 0.815. The maximum atomic E-state index is 9.93. The lowest BCUT2D eigenvalue weighted by Gasteiger charge is -2.07. The maximum absolute atomic E-state index is 9.93. The molecule has 0 spiro atoms. The number of hydrogen-bond donors (Lipinski definition) is 2. The number of aliphatic hydroxyl groups excluding tert-OH is 1. The summed E-state index contributed by atoms with van der Waals surface area (Å²) in [6.45, 7) is 4.53. The first-order chi connectivity index (χ1) is 7.63. The van der Waals surface area contributed by atoms with Crippen molar-refractivity contribution in [2.75, 3.05) is 13.6 Å². The van der Waals surface area contributed by atoms with Gasteiger partial charge in [-0.15, -0.1) is 0 Å². The van der Waals surface area contributed by atoms with Crippen molar-refractivity contribution >= 4 is 5.65 Å². The van der Waals surface area contributed by atoms with Crippen LogP contribution < -0.4 is 5.32 Å². The molecule has 0 aromatic carbocycles. The Bertz CT molecular complexity index is 504. The van der Waals surface area contributed by atoms with Crippen molar-refractivity contribution in [1.29, 1.82) is 0 Å². The molecule has 0 saturated heterocycles. The van der Waals surface area contributed by atoms with E-state index >= 15 is 0 Å². The average molecular weight is 219 g/mol. The van der Waals surface area contributed by atoms with Gasteiger partial charge < -0.3 is 14.8 Å². The molecule has 4 nitrogen and oxygen atoms in total. The zero-order chi connectivity index (χ0) is 11.7. The van der Waals surface area contributed by atoms with Gasteiger partial charge in [0.05, 0.1) is 5.69 Å². The molecule has 0 saturated carbocycles. The summed E-state index contributed by atoms with van der Waals surface area (Å²) in [4.78, 5) is 4.46. The second-order valence-electron chi connectivity index (χ2n) is 4.09. The third kappa shape index (κ3) is 1.81. The van der Waals surface area contributed by atoms with Gasteiger partial charge in [-0.3, -0.25) is 0 Å². The Labute approximate surface area is 94.9 Å². The molecule has 2 N–H and O–H groups in total. The van der Waals surface area contributed by atoms with E-state index in [1.807, 2.05) is 43.6 Å². The van der Waals surface area contributed by atoms with E-state index in [1.165, 1.54) is 5.56 Å². The molecule has 86 valence electrons. The van der Waals surface area contributed by atoms with E-state index in [0.717, 1.165) is 17.0 Å². The Balaban J connectivity index is 2.51. The van der Waals surface area contributed by atoms with E-state index in [9.17, 15) is 5.11 Å². The molecule has 2 heterocycles. The van der Waals surface area contributed by atoms with E-state index in [4.69, 9.17) is 0 Å². The second kappa shape index (κ2) is 4.23. The number of fused-ring (bicyclic) bond motifs is 1. The van der Waals surface area contributed by atoms with Gasteiger partial charge in [0, 0.05) is 18.4 Å². The fourth-order valence-electron chi connectivity index (χ4n) is 1.89. The number of nitrogens with one attached hydrogen (secondary N) is 1.